The molecule has 2 aliphatic heterocycles. The van der Waals surface area contributed by atoms with Gasteiger partial charge in [0.2, 0.25) is 0 Å². The molecule has 45 heavy (non-hydrogen) atoms. The molecule has 0 bridgehead atoms. The molecule has 4 aromatic rings. The highest BCUT2D eigenvalue weighted by atomic mass is 35.5. The average Bonchev–Trinajstić information content (AvgIpc) is 3.36. The van der Waals surface area contributed by atoms with Crippen molar-refractivity contribution in [2.24, 2.45) is 0 Å². The van der Waals surface area contributed by atoms with Gasteiger partial charge in [-0.25, -0.2) is 18.6 Å². The van der Waals surface area contributed by atoms with Crippen molar-refractivity contribution < 1.29 is 27.8 Å². The molecule has 1 fully saturated rings. The Morgan fingerprint density at radius 3 is 2.49 bits per heavy atom. The summed E-state index contributed by atoms with van der Waals surface area (Å²) in [5.41, 5.74) is 0.0155. The number of carbonyl (C=O) groups excluding carboxylic acids is 1. The zero-order chi connectivity index (χ0) is 31.7. The van der Waals surface area contributed by atoms with Gasteiger partial charge in [0, 0.05) is 6.54 Å². The molecule has 236 valence electrons. The minimum Gasteiger partial charge on any atom is -0.369 e. The lowest BCUT2D eigenvalue weighted by atomic mass is 10.1. The number of rotatable bonds is 9. The predicted molar refractivity (Wildman–Crippen MR) is 162 cm³/mol. The van der Waals surface area contributed by atoms with Crippen molar-refractivity contribution in [3.8, 4) is 5.82 Å². The van der Waals surface area contributed by atoms with Crippen LogP contribution in [0.2, 0.25) is 5.02 Å². The van der Waals surface area contributed by atoms with Gasteiger partial charge in [-0.3, -0.25) is 14.3 Å². The molecule has 1 atom stereocenters. The van der Waals surface area contributed by atoms with E-state index in [2.05, 4.69) is 10.1 Å². The molecule has 0 radical (unpaired) electrons. The molecule has 0 unspecified atom stereocenters. The summed E-state index contributed by atoms with van der Waals surface area (Å²) < 4.78 is 50.6. The summed E-state index contributed by atoms with van der Waals surface area (Å²) in [6.07, 6.45) is -0.00747. The van der Waals surface area contributed by atoms with Crippen molar-refractivity contribution in [1.82, 2.24) is 19.3 Å². The van der Waals surface area contributed by atoms with Gasteiger partial charge in [0.1, 0.15) is 30.6 Å². The maximum atomic E-state index is 15.9. The smallest absolute Gasteiger partial charge is 0.352 e. The van der Waals surface area contributed by atoms with Gasteiger partial charge in [-0.1, -0.05) is 48.0 Å². The molecule has 6 rings (SSSR count). The van der Waals surface area contributed by atoms with E-state index in [1.165, 1.54) is 22.8 Å². The molecule has 2 aromatic carbocycles. The second-order valence-corrected chi connectivity index (χ2v) is 11.0. The first-order valence-corrected chi connectivity index (χ1v) is 14.9. The number of halogens is 3. The van der Waals surface area contributed by atoms with E-state index in [4.69, 9.17) is 25.8 Å². The quantitative estimate of drug-likeness (QED) is 0.260. The van der Waals surface area contributed by atoms with Crippen molar-refractivity contribution in [2.45, 2.75) is 52.4 Å². The highest BCUT2D eigenvalue weighted by Gasteiger charge is 2.40. The van der Waals surface area contributed by atoms with Crippen LogP contribution in [-0.2, 0) is 34.0 Å². The molecule has 1 saturated heterocycles. The number of amides is 1. The third kappa shape index (κ3) is 5.96. The van der Waals surface area contributed by atoms with Crippen molar-refractivity contribution in [3.63, 3.8) is 0 Å². The number of benzene rings is 2. The first kappa shape index (κ1) is 30.8. The van der Waals surface area contributed by atoms with Crippen LogP contribution in [0.5, 0.6) is 0 Å². The van der Waals surface area contributed by atoms with Crippen LogP contribution < -0.4 is 15.5 Å². The Bertz CT molecular complexity index is 1740. The minimum atomic E-state index is -0.971. The molecule has 2 aromatic heterocycles. The van der Waals surface area contributed by atoms with Gasteiger partial charge < -0.3 is 19.1 Å². The third-order valence-electron chi connectivity index (χ3n) is 7.72. The first-order chi connectivity index (χ1) is 21.8. The van der Waals surface area contributed by atoms with E-state index in [9.17, 15) is 9.59 Å². The second-order valence-electron chi connectivity index (χ2n) is 10.6. The summed E-state index contributed by atoms with van der Waals surface area (Å²) >= 11 is 6.34. The Morgan fingerprint density at radius 2 is 1.78 bits per heavy atom. The topological polar surface area (TPSA) is 104 Å². The molecule has 0 saturated carbocycles. The number of para-hydroxylation sites is 1. The number of nitrogens with zero attached hydrogens (tertiary/aromatic N) is 6. The Balaban J connectivity index is 1.40. The van der Waals surface area contributed by atoms with E-state index in [0.29, 0.717) is 26.2 Å². The van der Waals surface area contributed by atoms with E-state index in [-0.39, 0.29) is 47.7 Å². The fourth-order valence-corrected chi connectivity index (χ4v) is 5.69. The van der Waals surface area contributed by atoms with Gasteiger partial charge in [-0.15, -0.1) is 5.10 Å². The van der Waals surface area contributed by atoms with E-state index < -0.39 is 41.4 Å². The molecular formula is C31H31ClF2N6O5. The fraction of sp³-hybridized carbons (Fsp3) is 0.355. The van der Waals surface area contributed by atoms with Crippen LogP contribution in [0.3, 0.4) is 0 Å². The standard InChI is InChI=1S/C31H31ClF2N6O5/c1-3-37-25(17-43-16-20-9-5-4-6-10-20)36-40(31(37)42)28-24(34)15-21-27(35-28)38(19(2)30-44-13-8-14-45-30)18-39(29(21)41)26-22(32)11-7-12-23(26)33/h4-7,9-12,15,19,30H,3,8,13-14,16-18H2,1-2H3/t19-/m0/s1. The van der Waals surface area contributed by atoms with Gasteiger partial charge in [-0.2, -0.15) is 4.68 Å². The van der Waals surface area contributed by atoms with Crippen LogP contribution in [0.1, 0.15) is 42.0 Å². The zero-order valence-electron chi connectivity index (χ0n) is 24.7. The van der Waals surface area contributed by atoms with Crippen LogP contribution in [0, 0.1) is 11.6 Å². The van der Waals surface area contributed by atoms with Gasteiger partial charge in [-0.05, 0) is 44.0 Å². The molecule has 14 heteroatoms. The molecule has 0 aliphatic carbocycles. The number of anilines is 2. The Kier molecular flexibility index (Phi) is 8.95. The maximum absolute atomic E-state index is 15.9. The summed E-state index contributed by atoms with van der Waals surface area (Å²) in [7, 11) is 0. The summed E-state index contributed by atoms with van der Waals surface area (Å²) in [5.74, 6) is -2.47. The van der Waals surface area contributed by atoms with Gasteiger partial charge >= 0.3 is 5.69 Å². The number of carbonyl (C=O) groups is 1. The third-order valence-corrected chi connectivity index (χ3v) is 8.03. The van der Waals surface area contributed by atoms with Crippen LogP contribution in [0.4, 0.5) is 20.3 Å². The molecular weight excluding hydrogens is 610 g/mol. The lowest BCUT2D eigenvalue weighted by Gasteiger charge is -2.43. The van der Waals surface area contributed by atoms with Crippen molar-refractivity contribution in [3.05, 3.63) is 98.7 Å². The number of pyridine rings is 1. The van der Waals surface area contributed by atoms with Gasteiger partial charge in [0.15, 0.2) is 23.7 Å². The van der Waals surface area contributed by atoms with Crippen LogP contribution in [-0.4, -0.2) is 57.5 Å². The number of ether oxygens (including phenoxy) is 3. The highest BCUT2D eigenvalue weighted by Crippen LogP contribution is 2.37. The lowest BCUT2D eigenvalue weighted by molar-refractivity contribution is -0.186. The summed E-state index contributed by atoms with van der Waals surface area (Å²) in [6, 6.07) is 14.0. The van der Waals surface area contributed by atoms with E-state index in [1.54, 1.807) is 18.7 Å². The summed E-state index contributed by atoms with van der Waals surface area (Å²) in [4.78, 5) is 34.5. The van der Waals surface area contributed by atoms with Crippen LogP contribution in [0.15, 0.2) is 59.4 Å². The summed E-state index contributed by atoms with van der Waals surface area (Å²) in [6.45, 7) is 4.81. The Labute approximate surface area is 262 Å². The van der Waals surface area contributed by atoms with E-state index in [1.807, 2.05) is 30.3 Å². The van der Waals surface area contributed by atoms with E-state index in [0.717, 1.165) is 21.2 Å². The monoisotopic (exact) mass is 640 g/mol. The Morgan fingerprint density at radius 1 is 1.02 bits per heavy atom. The van der Waals surface area contributed by atoms with Crippen LogP contribution >= 0.6 is 11.6 Å². The average molecular weight is 641 g/mol. The molecule has 4 heterocycles. The largest absolute Gasteiger partial charge is 0.369 e. The molecule has 11 nitrogen and oxygen atoms in total. The molecule has 1 amide bonds. The number of hydrogen-bond acceptors (Lipinski definition) is 8. The number of aromatic nitrogens is 4. The van der Waals surface area contributed by atoms with Gasteiger partial charge in [0.25, 0.3) is 5.91 Å². The number of hydrogen-bond donors (Lipinski definition) is 0. The SMILES string of the molecule is CCn1c(COCc2ccccc2)nn(-c2nc3c(cc2F)C(=O)N(c2c(F)cccc2Cl)CN3[C@@H](C)C2OCCCO2)c1=O. The molecule has 0 spiro atoms. The normalized spacial score (nSPS) is 16.2. The predicted octanol–water partition coefficient (Wildman–Crippen LogP) is 4.67. The second kappa shape index (κ2) is 13.1. The molecule has 2 aliphatic rings. The zero-order valence-corrected chi connectivity index (χ0v) is 25.4. The van der Waals surface area contributed by atoms with Crippen LogP contribution in [0.25, 0.3) is 5.82 Å². The number of fused-ring (bicyclic) bond motifs is 1. The Hall–Kier alpha value is -4.17. The lowest BCUT2D eigenvalue weighted by Crippen LogP contribution is -2.55. The van der Waals surface area contributed by atoms with Crippen molar-refractivity contribution >= 4 is 29.0 Å². The molecule has 0 N–H and O–H groups in total. The fourth-order valence-electron chi connectivity index (χ4n) is 5.43. The van der Waals surface area contributed by atoms with E-state index >= 15 is 8.78 Å². The maximum Gasteiger partial charge on any atom is 0.352 e. The van der Waals surface area contributed by atoms with Crippen molar-refractivity contribution in [2.75, 3.05) is 29.7 Å². The minimum absolute atomic E-state index is 0.00606. The highest BCUT2D eigenvalue weighted by molar-refractivity contribution is 6.34. The van der Waals surface area contributed by atoms with Crippen molar-refractivity contribution in [1.29, 1.82) is 0 Å². The summed E-state index contributed by atoms with van der Waals surface area (Å²) in [5, 5.41) is 4.37. The van der Waals surface area contributed by atoms with Gasteiger partial charge in [0.05, 0.1) is 36.4 Å². The first-order valence-electron chi connectivity index (χ1n) is 14.6.